The van der Waals surface area contributed by atoms with E-state index in [0.29, 0.717) is 31.7 Å². The Bertz CT molecular complexity index is 879. The summed E-state index contributed by atoms with van der Waals surface area (Å²) >= 11 is 0. The predicted octanol–water partition coefficient (Wildman–Crippen LogP) is 2.89. The van der Waals surface area contributed by atoms with Gasteiger partial charge in [-0.05, 0) is 51.3 Å². The fraction of sp³-hybridized carbons (Fsp3) is 0.500. The van der Waals surface area contributed by atoms with Gasteiger partial charge in [-0.15, -0.1) is 0 Å². The molecular formula is C22H28N4O3. The molecule has 7 heteroatoms. The summed E-state index contributed by atoms with van der Waals surface area (Å²) in [6.45, 7) is 5.97. The van der Waals surface area contributed by atoms with E-state index in [-0.39, 0.29) is 24.5 Å². The summed E-state index contributed by atoms with van der Waals surface area (Å²) in [6.07, 6.45) is 4.23. The number of ether oxygens (including phenoxy) is 1. The number of nitrogens with zero attached hydrogens (tertiary/aromatic N) is 4. The van der Waals surface area contributed by atoms with Crippen LogP contribution in [-0.2, 0) is 9.53 Å². The highest BCUT2D eigenvalue weighted by atomic mass is 16.5. The van der Waals surface area contributed by atoms with Gasteiger partial charge in [0.15, 0.2) is 0 Å². The van der Waals surface area contributed by atoms with Gasteiger partial charge in [0, 0.05) is 31.0 Å². The van der Waals surface area contributed by atoms with Crippen LogP contribution in [0.25, 0.3) is 0 Å². The van der Waals surface area contributed by atoms with E-state index in [9.17, 15) is 9.59 Å². The van der Waals surface area contributed by atoms with Gasteiger partial charge < -0.3 is 14.5 Å². The molecule has 2 aliphatic heterocycles. The fourth-order valence-electron chi connectivity index (χ4n) is 4.13. The van der Waals surface area contributed by atoms with Crippen molar-refractivity contribution in [2.75, 3.05) is 31.1 Å². The summed E-state index contributed by atoms with van der Waals surface area (Å²) in [5.74, 6) is -0.0496. The van der Waals surface area contributed by atoms with Crippen molar-refractivity contribution in [1.29, 1.82) is 0 Å². The second-order valence-corrected chi connectivity index (χ2v) is 8.21. The molecule has 2 aliphatic rings. The zero-order chi connectivity index (χ0) is 20.4. The Morgan fingerprint density at radius 2 is 1.93 bits per heavy atom. The van der Waals surface area contributed by atoms with E-state index in [1.54, 1.807) is 10.7 Å². The van der Waals surface area contributed by atoms with Crippen molar-refractivity contribution < 1.29 is 14.3 Å². The average molecular weight is 396 g/mol. The predicted molar refractivity (Wildman–Crippen MR) is 110 cm³/mol. The normalized spacial score (nSPS) is 22.9. The Kier molecular flexibility index (Phi) is 5.41. The third kappa shape index (κ3) is 4.05. The molecule has 1 aromatic carbocycles. The van der Waals surface area contributed by atoms with Crippen LogP contribution in [0.2, 0.25) is 0 Å². The van der Waals surface area contributed by atoms with Gasteiger partial charge in [-0.3, -0.25) is 14.3 Å². The van der Waals surface area contributed by atoms with Crippen molar-refractivity contribution in [1.82, 2.24) is 14.7 Å². The number of rotatable bonds is 3. The zero-order valence-electron chi connectivity index (χ0n) is 17.1. The Morgan fingerprint density at radius 3 is 2.66 bits per heavy atom. The zero-order valence-corrected chi connectivity index (χ0v) is 17.1. The van der Waals surface area contributed by atoms with Crippen LogP contribution in [0.4, 0.5) is 5.69 Å². The Balaban J connectivity index is 1.46. The maximum Gasteiger partial charge on any atom is 0.274 e. The highest BCUT2D eigenvalue weighted by molar-refractivity contribution is 5.95. The summed E-state index contributed by atoms with van der Waals surface area (Å²) in [4.78, 5) is 29.1. The number of carbonyl (C=O) groups excluding carboxylic acids is 2. The van der Waals surface area contributed by atoms with E-state index in [0.717, 1.165) is 18.5 Å². The molecule has 1 spiro atoms. The first-order valence-corrected chi connectivity index (χ1v) is 10.3. The molecule has 2 saturated heterocycles. The van der Waals surface area contributed by atoms with Crippen LogP contribution in [0.3, 0.4) is 0 Å². The van der Waals surface area contributed by atoms with E-state index in [2.05, 4.69) is 5.10 Å². The van der Waals surface area contributed by atoms with E-state index in [1.165, 1.54) is 0 Å². The van der Waals surface area contributed by atoms with Crippen LogP contribution in [0.1, 0.15) is 49.6 Å². The minimum Gasteiger partial charge on any atom is -0.363 e. The van der Waals surface area contributed by atoms with Crippen molar-refractivity contribution in [2.45, 2.75) is 44.8 Å². The van der Waals surface area contributed by atoms with Crippen molar-refractivity contribution in [3.05, 3.63) is 48.3 Å². The second-order valence-electron chi connectivity index (χ2n) is 8.21. The van der Waals surface area contributed by atoms with Crippen molar-refractivity contribution in [3.8, 4) is 0 Å². The molecule has 1 unspecified atom stereocenters. The van der Waals surface area contributed by atoms with Crippen molar-refractivity contribution in [2.24, 2.45) is 0 Å². The molecule has 4 rings (SSSR count). The van der Waals surface area contributed by atoms with E-state index in [4.69, 9.17) is 4.74 Å². The van der Waals surface area contributed by atoms with Gasteiger partial charge in [-0.2, -0.15) is 5.10 Å². The molecule has 29 heavy (non-hydrogen) atoms. The minimum absolute atomic E-state index is 0.0155. The number of para-hydroxylation sites is 1. The van der Waals surface area contributed by atoms with Crippen molar-refractivity contribution in [3.63, 3.8) is 0 Å². The summed E-state index contributed by atoms with van der Waals surface area (Å²) < 4.78 is 7.88. The first-order valence-electron chi connectivity index (χ1n) is 10.3. The number of amides is 2. The number of hydrogen-bond donors (Lipinski definition) is 0. The first-order chi connectivity index (χ1) is 14.0. The molecule has 0 bridgehead atoms. The van der Waals surface area contributed by atoms with Gasteiger partial charge in [0.05, 0.1) is 12.1 Å². The van der Waals surface area contributed by atoms with Crippen LogP contribution >= 0.6 is 0 Å². The Hall–Kier alpha value is -2.67. The number of hydrogen-bond acceptors (Lipinski definition) is 4. The standard InChI is InChI=1S/C22H28N4O3/c1-17(2)26-13-9-19(23-26)21(28)24-12-6-10-22(11-14-24)16-25(20(27)15-29-22)18-7-4-3-5-8-18/h3-5,7-9,13,17H,6,10-12,14-16H2,1-2H3. The smallest absolute Gasteiger partial charge is 0.274 e. The van der Waals surface area contributed by atoms with E-state index < -0.39 is 5.60 Å². The number of likely N-dealkylation sites (tertiary alicyclic amines) is 1. The third-order valence-electron chi connectivity index (χ3n) is 5.86. The number of aromatic nitrogens is 2. The quantitative estimate of drug-likeness (QED) is 0.800. The molecule has 1 atom stereocenters. The maximum atomic E-state index is 12.9. The molecule has 0 radical (unpaired) electrons. The summed E-state index contributed by atoms with van der Waals surface area (Å²) in [5, 5.41) is 4.42. The SMILES string of the molecule is CC(C)n1ccc(C(=O)N2CCCC3(CC2)CN(c2ccccc2)C(=O)CO3)n1. The lowest BCUT2D eigenvalue weighted by Crippen LogP contribution is -2.55. The topological polar surface area (TPSA) is 67.7 Å². The Morgan fingerprint density at radius 1 is 1.14 bits per heavy atom. The van der Waals surface area contributed by atoms with Crippen LogP contribution in [0.5, 0.6) is 0 Å². The number of benzene rings is 1. The number of morpholine rings is 1. The molecule has 154 valence electrons. The van der Waals surface area contributed by atoms with Crippen LogP contribution < -0.4 is 4.90 Å². The van der Waals surface area contributed by atoms with Crippen LogP contribution in [-0.4, -0.2) is 58.3 Å². The molecule has 0 N–H and O–H groups in total. The van der Waals surface area contributed by atoms with Gasteiger partial charge >= 0.3 is 0 Å². The van der Waals surface area contributed by atoms with Gasteiger partial charge in [0.1, 0.15) is 12.3 Å². The molecule has 3 heterocycles. The number of carbonyl (C=O) groups is 2. The minimum atomic E-state index is -0.407. The van der Waals surface area contributed by atoms with Crippen molar-refractivity contribution >= 4 is 17.5 Å². The highest BCUT2D eigenvalue weighted by Crippen LogP contribution is 2.33. The average Bonchev–Trinajstić information content (AvgIpc) is 3.14. The monoisotopic (exact) mass is 396 g/mol. The lowest BCUT2D eigenvalue weighted by Gasteiger charge is -2.42. The van der Waals surface area contributed by atoms with Gasteiger partial charge in [-0.1, -0.05) is 18.2 Å². The molecular weight excluding hydrogens is 368 g/mol. The molecule has 1 aromatic heterocycles. The summed E-state index contributed by atoms with van der Waals surface area (Å²) in [7, 11) is 0. The largest absolute Gasteiger partial charge is 0.363 e. The molecule has 0 aliphatic carbocycles. The third-order valence-corrected chi connectivity index (χ3v) is 5.86. The number of anilines is 1. The van der Waals surface area contributed by atoms with Crippen LogP contribution in [0.15, 0.2) is 42.6 Å². The second kappa shape index (κ2) is 7.99. The molecule has 2 fully saturated rings. The highest BCUT2D eigenvalue weighted by Gasteiger charge is 2.42. The van der Waals surface area contributed by atoms with Crippen LogP contribution in [0, 0.1) is 0 Å². The molecule has 0 saturated carbocycles. The molecule has 2 aromatic rings. The van der Waals surface area contributed by atoms with Gasteiger partial charge in [0.2, 0.25) is 0 Å². The van der Waals surface area contributed by atoms with E-state index in [1.807, 2.05) is 60.2 Å². The maximum absolute atomic E-state index is 12.9. The molecule has 2 amide bonds. The lowest BCUT2D eigenvalue weighted by atomic mass is 9.92. The fourth-order valence-corrected chi connectivity index (χ4v) is 4.13. The van der Waals surface area contributed by atoms with Gasteiger partial charge in [-0.25, -0.2) is 0 Å². The van der Waals surface area contributed by atoms with E-state index >= 15 is 0 Å². The summed E-state index contributed by atoms with van der Waals surface area (Å²) in [6, 6.07) is 11.7. The molecule has 7 nitrogen and oxygen atoms in total. The van der Waals surface area contributed by atoms with Gasteiger partial charge in [0.25, 0.3) is 11.8 Å². The summed E-state index contributed by atoms with van der Waals surface area (Å²) in [5.41, 5.74) is 0.979. The Labute approximate surface area is 171 Å². The first kappa shape index (κ1) is 19.6. The lowest BCUT2D eigenvalue weighted by molar-refractivity contribution is -0.140.